The molecule has 90 valence electrons. The van der Waals surface area contributed by atoms with Crippen molar-refractivity contribution in [2.75, 3.05) is 17.8 Å². The third-order valence-corrected chi connectivity index (χ3v) is 3.20. The number of aliphatic hydroxyl groups excluding tert-OH is 2. The summed E-state index contributed by atoms with van der Waals surface area (Å²) in [6.45, 7) is 1.73. The van der Waals surface area contributed by atoms with E-state index in [1.807, 2.05) is 6.92 Å². The van der Waals surface area contributed by atoms with Crippen LogP contribution in [0.25, 0.3) is 0 Å². The molecular weight excluding hydrogens is 228 g/mol. The summed E-state index contributed by atoms with van der Waals surface area (Å²) in [6, 6.07) is 0. The Morgan fingerprint density at radius 3 is 2.88 bits per heavy atom. The van der Waals surface area contributed by atoms with Gasteiger partial charge in [0.2, 0.25) is 0 Å². The van der Waals surface area contributed by atoms with Gasteiger partial charge in [0.15, 0.2) is 0 Å². The van der Waals surface area contributed by atoms with Gasteiger partial charge in [-0.2, -0.15) is 0 Å². The Kier molecular flexibility index (Phi) is 5.47. The monoisotopic (exact) mass is 244 g/mol. The second-order valence-electron chi connectivity index (χ2n) is 3.15. The Bertz CT molecular complexity index is 337. The Morgan fingerprint density at radius 1 is 1.56 bits per heavy atom. The molecule has 1 rings (SSSR count). The summed E-state index contributed by atoms with van der Waals surface area (Å²) in [5, 5.41) is 18.7. The van der Waals surface area contributed by atoms with E-state index in [-0.39, 0.29) is 6.61 Å². The number of nitrogens with one attached hydrogen (secondary N) is 1. The van der Waals surface area contributed by atoms with Gasteiger partial charge >= 0.3 is 0 Å². The van der Waals surface area contributed by atoms with Crippen LogP contribution in [0.1, 0.15) is 12.5 Å². The van der Waals surface area contributed by atoms with Crippen LogP contribution in [0.3, 0.4) is 0 Å². The van der Waals surface area contributed by atoms with Crippen LogP contribution in [0.15, 0.2) is 11.4 Å². The van der Waals surface area contributed by atoms with Gasteiger partial charge in [0, 0.05) is 11.3 Å². The average molecular weight is 244 g/mol. The van der Waals surface area contributed by atoms with Gasteiger partial charge < -0.3 is 15.6 Å². The second kappa shape index (κ2) is 6.64. The second-order valence-corrected chi connectivity index (χ2v) is 4.16. The summed E-state index contributed by atoms with van der Waals surface area (Å²) in [5.74, 6) is 6.33. The number of nitrogens with two attached hydrogens (primary N) is 1. The lowest BCUT2D eigenvalue weighted by Crippen LogP contribution is -2.16. The van der Waals surface area contributed by atoms with Crippen molar-refractivity contribution in [1.82, 2.24) is 9.97 Å². The first-order valence-corrected chi connectivity index (χ1v) is 5.93. The molecule has 1 aromatic heterocycles. The van der Waals surface area contributed by atoms with Crippen LogP contribution >= 0.6 is 11.8 Å². The highest BCUT2D eigenvalue weighted by Gasteiger charge is 2.11. The van der Waals surface area contributed by atoms with Crippen LogP contribution in [0.5, 0.6) is 0 Å². The fourth-order valence-electron chi connectivity index (χ4n) is 1.19. The molecule has 0 saturated heterocycles. The normalized spacial score (nSPS) is 12.5. The number of nitrogens with zero attached hydrogens (tertiary/aromatic N) is 2. The number of thioether (sulfide) groups is 1. The summed E-state index contributed by atoms with van der Waals surface area (Å²) in [6.07, 6.45) is 1.43. The number of aromatic nitrogens is 2. The molecule has 0 radical (unpaired) electrons. The van der Waals surface area contributed by atoms with E-state index in [2.05, 4.69) is 15.4 Å². The predicted molar refractivity (Wildman–Crippen MR) is 63.0 cm³/mol. The van der Waals surface area contributed by atoms with Crippen LogP contribution in [0.4, 0.5) is 5.82 Å². The van der Waals surface area contributed by atoms with Crippen molar-refractivity contribution in [1.29, 1.82) is 0 Å². The van der Waals surface area contributed by atoms with Gasteiger partial charge in [0.25, 0.3) is 0 Å². The van der Waals surface area contributed by atoms with E-state index in [0.717, 1.165) is 17.0 Å². The topological polar surface area (TPSA) is 104 Å². The fraction of sp³-hybridized carbons (Fsp3) is 0.556. The summed E-state index contributed by atoms with van der Waals surface area (Å²) in [4.78, 5) is 8.13. The molecular formula is C9H16N4O2S. The van der Waals surface area contributed by atoms with Crippen LogP contribution in [-0.2, 0) is 6.42 Å². The van der Waals surface area contributed by atoms with Crippen molar-refractivity contribution < 1.29 is 10.2 Å². The molecule has 1 atom stereocenters. The predicted octanol–water partition coefficient (Wildman–Crippen LogP) is -0.230. The zero-order chi connectivity index (χ0) is 12.0. The third kappa shape index (κ3) is 3.31. The lowest BCUT2D eigenvalue weighted by molar-refractivity contribution is 0.113. The number of nitrogen functional groups attached to an aromatic ring is 1. The zero-order valence-corrected chi connectivity index (χ0v) is 9.87. The number of anilines is 1. The van der Waals surface area contributed by atoms with Gasteiger partial charge in [-0.15, -0.1) is 11.8 Å². The van der Waals surface area contributed by atoms with E-state index in [0.29, 0.717) is 11.6 Å². The van der Waals surface area contributed by atoms with E-state index in [1.54, 1.807) is 0 Å². The molecule has 5 N–H and O–H groups in total. The molecule has 0 saturated carbocycles. The molecule has 0 spiro atoms. The molecule has 0 aromatic carbocycles. The maximum absolute atomic E-state index is 9.25. The molecule has 7 heteroatoms. The summed E-state index contributed by atoms with van der Waals surface area (Å²) in [7, 11) is 0. The van der Waals surface area contributed by atoms with E-state index in [4.69, 9.17) is 10.9 Å². The van der Waals surface area contributed by atoms with Gasteiger partial charge in [-0.3, -0.25) is 0 Å². The number of hydrogen-bond acceptors (Lipinski definition) is 7. The minimum atomic E-state index is -0.737. The molecule has 0 bridgehead atoms. The molecule has 0 aliphatic heterocycles. The van der Waals surface area contributed by atoms with E-state index < -0.39 is 6.10 Å². The maximum Gasteiger partial charge on any atom is 0.147 e. The van der Waals surface area contributed by atoms with Crippen molar-refractivity contribution in [3.63, 3.8) is 0 Å². The quantitative estimate of drug-likeness (QED) is 0.237. The minimum Gasteiger partial charge on any atom is -0.394 e. The molecule has 1 heterocycles. The molecule has 6 nitrogen and oxygen atoms in total. The first kappa shape index (κ1) is 13.2. The highest BCUT2D eigenvalue weighted by molar-refractivity contribution is 7.99. The fourth-order valence-corrected chi connectivity index (χ4v) is 2.18. The van der Waals surface area contributed by atoms with E-state index >= 15 is 0 Å². The Labute approximate surface area is 98.3 Å². The van der Waals surface area contributed by atoms with Crippen molar-refractivity contribution in [3.8, 4) is 0 Å². The smallest absolute Gasteiger partial charge is 0.147 e. The minimum absolute atomic E-state index is 0.248. The first-order valence-electron chi connectivity index (χ1n) is 4.95. The number of hydrazine groups is 1. The van der Waals surface area contributed by atoms with Gasteiger partial charge in [-0.1, -0.05) is 6.92 Å². The van der Waals surface area contributed by atoms with Gasteiger partial charge in [0.1, 0.15) is 17.2 Å². The van der Waals surface area contributed by atoms with Crippen molar-refractivity contribution in [2.45, 2.75) is 24.5 Å². The van der Waals surface area contributed by atoms with Crippen LogP contribution in [0, 0.1) is 0 Å². The van der Waals surface area contributed by atoms with Gasteiger partial charge in [-0.05, 0) is 6.42 Å². The summed E-state index contributed by atoms with van der Waals surface area (Å²) < 4.78 is 0. The lowest BCUT2D eigenvalue weighted by Gasteiger charge is -2.11. The Hall–Kier alpha value is -0.890. The number of hydrogen-bond donors (Lipinski definition) is 4. The molecule has 0 amide bonds. The Morgan fingerprint density at radius 2 is 2.31 bits per heavy atom. The SMILES string of the molecule is CCc1c(NN)ncnc1SCC(O)CO. The van der Waals surface area contributed by atoms with Gasteiger partial charge in [-0.25, -0.2) is 15.8 Å². The van der Waals surface area contributed by atoms with Crippen molar-refractivity contribution in [2.24, 2.45) is 5.84 Å². The van der Waals surface area contributed by atoms with Crippen LogP contribution < -0.4 is 11.3 Å². The molecule has 0 fully saturated rings. The maximum atomic E-state index is 9.25. The molecule has 0 aliphatic carbocycles. The van der Waals surface area contributed by atoms with Gasteiger partial charge in [0.05, 0.1) is 12.7 Å². The standard InChI is InChI=1S/C9H16N4O2S/c1-2-7-8(13-10)11-5-12-9(7)16-4-6(15)3-14/h5-6,14-15H,2-4,10H2,1H3,(H,11,12,13). The average Bonchev–Trinajstić information content (AvgIpc) is 2.34. The lowest BCUT2D eigenvalue weighted by atomic mass is 10.2. The highest BCUT2D eigenvalue weighted by Crippen LogP contribution is 2.25. The van der Waals surface area contributed by atoms with Crippen molar-refractivity contribution >= 4 is 17.6 Å². The van der Waals surface area contributed by atoms with Crippen LogP contribution in [-0.4, -0.2) is 38.6 Å². The first-order chi connectivity index (χ1) is 7.72. The van der Waals surface area contributed by atoms with E-state index in [9.17, 15) is 5.11 Å². The summed E-state index contributed by atoms with van der Waals surface area (Å²) in [5.41, 5.74) is 3.43. The van der Waals surface area contributed by atoms with Crippen molar-refractivity contribution in [3.05, 3.63) is 11.9 Å². The zero-order valence-electron chi connectivity index (χ0n) is 9.05. The Balaban J connectivity index is 2.78. The number of rotatable bonds is 6. The molecule has 0 aliphatic rings. The third-order valence-electron chi connectivity index (χ3n) is 2.02. The summed E-state index contributed by atoms with van der Waals surface area (Å²) >= 11 is 1.38. The molecule has 16 heavy (non-hydrogen) atoms. The van der Waals surface area contributed by atoms with E-state index in [1.165, 1.54) is 18.1 Å². The molecule has 1 unspecified atom stereocenters. The number of aliphatic hydroxyl groups is 2. The highest BCUT2D eigenvalue weighted by atomic mass is 32.2. The molecule has 1 aromatic rings. The largest absolute Gasteiger partial charge is 0.394 e. The van der Waals surface area contributed by atoms with Crippen LogP contribution in [0.2, 0.25) is 0 Å².